The third-order valence-electron chi connectivity index (χ3n) is 2.50. The van der Waals surface area contributed by atoms with E-state index in [-0.39, 0.29) is 5.91 Å². The molecule has 4 nitrogen and oxygen atoms in total. The smallest absolute Gasteiger partial charge is 0.221 e. The van der Waals surface area contributed by atoms with Gasteiger partial charge in [-0.05, 0) is 50.2 Å². The summed E-state index contributed by atoms with van der Waals surface area (Å²) in [5.74, 6) is 0.767. The van der Waals surface area contributed by atoms with E-state index in [4.69, 9.17) is 4.74 Å². The van der Waals surface area contributed by atoms with E-state index >= 15 is 0 Å². The Hall–Kier alpha value is -1.55. The van der Waals surface area contributed by atoms with Crippen LogP contribution in [-0.4, -0.2) is 26.6 Å². The number of hydrogen-bond acceptors (Lipinski definition) is 3. The molecule has 0 fully saturated rings. The highest BCUT2D eigenvalue weighted by Crippen LogP contribution is 2.23. The minimum Gasteiger partial charge on any atom is -0.497 e. The zero-order valence-electron chi connectivity index (χ0n) is 10.7. The van der Waals surface area contributed by atoms with Crippen molar-refractivity contribution in [1.29, 1.82) is 0 Å². The summed E-state index contributed by atoms with van der Waals surface area (Å²) in [6, 6.07) is 5.71. The Balaban J connectivity index is 2.82. The summed E-state index contributed by atoms with van der Waals surface area (Å²) in [6.45, 7) is 2.47. The van der Waals surface area contributed by atoms with Crippen LogP contribution in [-0.2, 0) is 11.2 Å². The maximum Gasteiger partial charge on any atom is 0.221 e. The van der Waals surface area contributed by atoms with E-state index in [0.29, 0.717) is 0 Å². The quantitative estimate of drug-likeness (QED) is 0.741. The third-order valence-corrected chi connectivity index (χ3v) is 2.50. The van der Waals surface area contributed by atoms with Crippen molar-refractivity contribution < 1.29 is 9.53 Å². The lowest BCUT2D eigenvalue weighted by molar-refractivity contribution is -0.114. The van der Waals surface area contributed by atoms with Crippen molar-refractivity contribution >= 4 is 11.6 Å². The molecule has 0 aliphatic carbocycles. The van der Waals surface area contributed by atoms with Crippen LogP contribution in [0.4, 0.5) is 5.69 Å². The number of carbonyl (C=O) groups excluding carboxylic acids is 1. The summed E-state index contributed by atoms with van der Waals surface area (Å²) in [5.41, 5.74) is 1.98. The van der Waals surface area contributed by atoms with Gasteiger partial charge in [-0.15, -0.1) is 0 Å². The molecule has 0 aromatic heterocycles. The van der Waals surface area contributed by atoms with Gasteiger partial charge in [-0.1, -0.05) is 0 Å². The second kappa shape index (κ2) is 6.91. The van der Waals surface area contributed by atoms with Crippen molar-refractivity contribution in [2.75, 3.05) is 26.0 Å². The number of carbonyl (C=O) groups is 1. The van der Waals surface area contributed by atoms with Gasteiger partial charge in [0.1, 0.15) is 5.75 Å². The van der Waals surface area contributed by atoms with E-state index in [1.165, 1.54) is 6.92 Å². The third kappa shape index (κ3) is 4.44. The Morgan fingerprint density at radius 2 is 2.18 bits per heavy atom. The molecule has 0 saturated heterocycles. The summed E-state index contributed by atoms with van der Waals surface area (Å²) >= 11 is 0. The lowest BCUT2D eigenvalue weighted by Crippen LogP contribution is -2.11. The van der Waals surface area contributed by atoms with Crippen molar-refractivity contribution in [3.8, 4) is 5.75 Å². The van der Waals surface area contributed by atoms with Crippen LogP contribution in [0.15, 0.2) is 18.2 Å². The first-order chi connectivity index (χ1) is 8.17. The summed E-state index contributed by atoms with van der Waals surface area (Å²) in [5, 5.41) is 5.94. The van der Waals surface area contributed by atoms with Gasteiger partial charge in [0, 0.05) is 12.6 Å². The lowest BCUT2D eigenvalue weighted by atomic mass is 10.1. The molecule has 0 bridgehead atoms. The zero-order chi connectivity index (χ0) is 12.7. The summed E-state index contributed by atoms with van der Waals surface area (Å²) in [7, 11) is 3.57. The van der Waals surface area contributed by atoms with Crippen LogP contribution in [0.2, 0.25) is 0 Å². The molecule has 0 aliphatic rings. The molecule has 1 aromatic carbocycles. The lowest BCUT2D eigenvalue weighted by Gasteiger charge is -2.11. The summed E-state index contributed by atoms with van der Waals surface area (Å²) < 4.78 is 5.19. The number of aryl methyl sites for hydroxylation is 1. The first kappa shape index (κ1) is 13.5. The Bertz CT molecular complexity index is 378. The average Bonchev–Trinajstić information content (AvgIpc) is 2.30. The SMILES string of the molecule is CNCCCc1cc(OC)ccc1NC(C)=O. The van der Waals surface area contributed by atoms with E-state index in [1.807, 2.05) is 25.2 Å². The normalized spacial score (nSPS) is 10.1. The number of methoxy groups -OCH3 is 1. The van der Waals surface area contributed by atoms with Crippen molar-refractivity contribution in [3.63, 3.8) is 0 Å². The van der Waals surface area contributed by atoms with Crippen molar-refractivity contribution in [3.05, 3.63) is 23.8 Å². The fourth-order valence-electron chi connectivity index (χ4n) is 1.67. The van der Waals surface area contributed by atoms with Crippen molar-refractivity contribution in [2.24, 2.45) is 0 Å². The first-order valence-corrected chi connectivity index (χ1v) is 5.76. The van der Waals surface area contributed by atoms with Crippen LogP contribution in [0.5, 0.6) is 5.75 Å². The van der Waals surface area contributed by atoms with E-state index in [2.05, 4.69) is 10.6 Å². The van der Waals surface area contributed by atoms with Gasteiger partial charge in [0.15, 0.2) is 0 Å². The summed E-state index contributed by atoms with van der Waals surface area (Å²) in [6.07, 6.45) is 1.93. The minimum atomic E-state index is -0.0509. The molecule has 4 heteroatoms. The molecular weight excluding hydrogens is 216 g/mol. The van der Waals surface area contributed by atoms with E-state index < -0.39 is 0 Å². The predicted molar refractivity (Wildman–Crippen MR) is 69.5 cm³/mol. The molecule has 0 unspecified atom stereocenters. The zero-order valence-corrected chi connectivity index (χ0v) is 10.7. The Morgan fingerprint density at radius 3 is 2.76 bits per heavy atom. The van der Waals surface area contributed by atoms with Gasteiger partial charge in [0.05, 0.1) is 7.11 Å². The van der Waals surface area contributed by atoms with Gasteiger partial charge in [-0.25, -0.2) is 0 Å². The topological polar surface area (TPSA) is 50.4 Å². The molecule has 0 aliphatic heterocycles. The molecule has 0 radical (unpaired) electrons. The number of anilines is 1. The minimum absolute atomic E-state index is 0.0509. The van der Waals surface area contributed by atoms with Crippen LogP contribution in [0, 0.1) is 0 Å². The number of ether oxygens (including phenoxy) is 1. The van der Waals surface area contributed by atoms with Gasteiger partial charge in [0.25, 0.3) is 0 Å². The Kier molecular flexibility index (Phi) is 5.49. The summed E-state index contributed by atoms with van der Waals surface area (Å²) in [4.78, 5) is 11.1. The number of nitrogens with one attached hydrogen (secondary N) is 2. The largest absolute Gasteiger partial charge is 0.497 e. The fourth-order valence-corrected chi connectivity index (χ4v) is 1.67. The number of hydrogen-bond donors (Lipinski definition) is 2. The molecule has 0 saturated carbocycles. The predicted octanol–water partition coefficient (Wildman–Crippen LogP) is 1.81. The van der Waals surface area contributed by atoms with Gasteiger partial charge < -0.3 is 15.4 Å². The molecule has 0 atom stereocenters. The highest BCUT2D eigenvalue weighted by molar-refractivity contribution is 5.89. The Labute approximate surface area is 102 Å². The first-order valence-electron chi connectivity index (χ1n) is 5.76. The maximum absolute atomic E-state index is 11.1. The number of amides is 1. The van der Waals surface area contributed by atoms with Gasteiger partial charge in [-0.3, -0.25) is 4.79 Å². The molecule has 94 valence electrons. The van der Waals surface area contributed by atoms with E-state index in [1.54, 1.807) is 7.11 Å². The molecule has 1 amide bonds. The fraction of sp³-hybridized carbons (Fsp3) is 0.462. The Morgan fingerprint density at radius 1 is 1.41 bits per heavy atom. The molecule has 1 rings (SSSR count). The highest BCUT2D eigenvalue weighted by Gasteiger charge is 2.05. The second-order valence-corrected chi connectivity index (χ2v) is 3.91. The number of rotatable bonds is 6. The second-order valence-electron chi connectivity index (χ2n) is 3.91. The molecule has 2 N–H and O–H groups in total. The highest BCUT2D eigenvalue weighted by atomic mass is 16.5. The molecular formula is C13H20N2O2. The van der Waals surface area contributed by atoms with Gasteiger partial charge in [-0.2, -0.15) is 0 Å². The van der Waals surface area contributed by atoms with Crippen LogP contribution in [0.25, 0.3) is 0 Å². The van der Waals surface area contributed by atoms with Gasteiger partial charge in [0.2, 0.25) is 5.91 Å². The van der Waals surface area contributed by atoms with Crippen molar-refractivity contribution in [2.45, 2.75) is 19.8 Å². The number of benzene rings is 1. The van der Waals surface area contributed by atoms with Crippen molar-refractivity contribution in [1.82, 2.24) is 5.32 Å². The standard InChI is InChI=1S/C13H20N2O2/c1-10(16)15-13-7-6-12(17-3)9-11(13)5-4-8-14-2/h6-7,9,14H,4-5,8H2,1-3H3,(H,15,16). The maximum atomic E-state index is 11.1. The molecule has 0 heterocycles. The monoisotopic (exact) mass is 236 g/mol. The molecule has 17 heavy (non-hydrogen) atoms. The average molecular weight is 236 g/mol. The van der Waals surface area contributed by atoms with Crippen LogP contribution >= 0.6 is 0 Å². The van der Waals surface area contributed by atoms with Crippen LogP contribution < -0.4 is 15.4 Å². The molecule has 1 aromatic rings. The molecule has 0 spiro atoms. The van der Waals surface area contributed by atoms with Crippen LogP contribution in [0.3, 0.4) is 0 Å². The van der Waals surface area contributed by atoms with Crippen LogP contribution in [0.1, 0.15) is 18.9 Å². The van der Waals surface area contributed by atoms with E-state index in [9.17, 15) is 4.79 Å². The van der Waals surface area contributed by atoms with E-state index in [0.717, 1.165) is 36.4 Å². The van der Waals surface area contributed by atoms with Gasteiger partial charge >= 0.3 is 0 Å².